The highest BCUT2D eigenvalue weighted by molar-refractivity contribution is 6.34. The molecule has 8 heteroatoms. The van der Waals surface area contributed by atoms with Crippen molar-refractivity contribution < 1.29 is 19.1 Å². The van der Waals surface area contributed by atoms with Crippen LogP contribution in [0.5, 0.6) is 5.75 Å². The van der Waals surface area contributed by atoms with Crippen molar-refractivity contribution in [3.8, 4) is 5.75 Å². The molecule has 0 spiro atoms. The summed E-state index contributed by atoms with van der Waals surface area (Å²) in [5.74, 6) is 0.248. The van der Waals surface area contributed by atoms with Crippen molar-refractivity contribution in [2.45, 2.75) is 13.0 Å². The van der Waals surface area contributed by atoms with Crippen molar-refractivity contribution in [3.63, 3.8) is 0 Å². The number of rotatable bonds is 1. The maximum atomic E-state index is 12.3. The van der Waals surface area contributed by atoms with E-state index in [0.29, 0.717) is 41.8 Å². The Morgan fingerprint density at radius 2 is 2.32 bits per heavy atom. The number of morpholine rings is 1. The lowest BCUT2D eigenvalue weighted by Gasteiger charge is -2.31. The van der Waals surface area contributed by atoms with E-state index in [1.807, 2.05) is 6.92 Å². The van der Waals surface area contributed by atoms with E-state index in [2.05, 4.69) is 10.6 Å². The molecule has 1 atom stereocenters. The summed E-state index contributed by atoms with van der Waals surface area (Å²) in [6.45, 7) is 3.44. The van der Waals surface area contributed by atoms with Crippen molar-refractivity contribution in [1.29, 1.82) is 0 Å². The highest BCUT2D eigenvalue weighted by Gasteiger charge is 2.23. The minimum Gasteiger partial charge on any atom is -0.482 e. The molecule has 0 aliphatic carbocycles. The maximum Gasteiger partial charge on any atom is 0.322 e. The lowest BCUT2D eigenvalue weighted by atomic mass is 10.2. The lowest BCUT2D eigenvalue weighted by molar-refractivity contribution is -0.118. The summed E-state index contributed by atoms with van der Waals surface area (Å²) in [5.41, 5.74) is 0.944. The van der Waals surface area contributed by atoms with Crippen LogP contribution in [0.3, 0.4) is 0 Å². The first kappa shape index (κ1) is 14.9. The Hall–Kier alpha value is -1.99. The average molecular weight is 326 g/mol. The normalized spacial score (nSPS) is 20.7. The van der Waals surface area contributed by atoms with E-state index in [-0.39, 0.29) is 24.6 Å². The fraction of sp³-hybridized carbons (Fsp3) is 0.429. The van der Waals surface area contributed by atoms with Crippen LogP contribution in [0.15, 0.2) is 12.1 Å². The smallest absolute Gasteiger partial charge is 0.322 e. The number of hydrogen-bond acceptors (Lipinski definition) is 4. The van der Waals surface area contributed by atoms with Crippen molar-refractivity contribution in [2.75, 3.05) is 36.9 Å². The number of halogens is 1. The van der Waals surface area contributed by atoms with E-state index >= 15 is 0 Å². The largest absolute Gasteiger partial charge is 0.482 e. The lowest BCUT2D eigenvalue weighted by Crippen LogP contribution is -2.46. The summed E-state index contributed by atoms with van der Waals surface area (Å²) in [7, 11) is 0. The fourth-order valence-corrected chi connectivity index (χ4v) is 2.60. The summed E-state index contributed by atoms with van der Waals surface area (Å²) in [6.07, 6.45) is 0.0112. The number of anilines is 2. The van der Waals surface area contributed by atoms with Crippen molar-refractivity contribution >= 4 is 34.9 Å². The Bertz CT molecular complexity index is 622. The van der Waals surface area contributed by atoms with Gasteiger partial charge in [-0.1, -0.05) is 11.6 Å². The predicted octanol–water partition coefficient (Wildman–Crippen LogP) is 1.92. The molecular formula is C14H16ClN3O4. The quantitative estimate of drug-likeness (QED) is 0.826. The van der Waals surface area contributed by atoms with Crippen LogP contribution in [0.25, 0.3) is 0 Å². The van der Waals surface area contributed by atoms with Gasteiger partial charge < -0.3 is 25.0 Å². The van der Waals surface area contributed by atoms with E-state index in [1.54, 1.807) is 17.0 Å². The zero-order chi connectivity index (χ0) is 15.7. The molecule has 2 aliphatic heterocycles. The monoisotopic (exact) mass is 325 g/mol. The zero-order valence-corrected chi connectivity index (χ0v) is 12.8. The van der Waals surface area contributed by atoms with Gasteiger partial charge in [0, 0.05) is 19.2 Å². The van der Waals surface area contributed by atoms with Crippen LogP contribution in [0.4, 0.5) is 16.2 Å². The molecule has 118 valence electrons. The number of nitrogens with zero attached hydrogens (tertiary/aromatic N) is 1. The molecule has 0 bridgehead atoms. The molecule has 1 aromatic rings. The van der Waals surface area contributed by atoms with Crippen LogP contribution in [0.2, 0.25) is 5.02 Å². The van der Waals surface area contributed by atoms with Crippen LogP contribution in [-0.2, 0) is 9.53 Å². The van der Waals surface area contributed by atoms with Crippen LogP contribution in [-0.4, -0.2) is 49.2 Å². The number of carbonyl (C=O) groups excluding carboxylic acids is 2. The summed E-state index contributed by atoms with van der Waals surface area (Å²) in [5, 5.41) is 5.76. The van der Waals surface area contributed by atoms with Gasteiger partial charge in [-0.05, 0) is 13.0 Å². The van der Waals surface area contributed by atoms with Gasteiger partial charge in [0.15, 0.2) is 6.61 Å². The highest BCUT2D eigenvalue weighted by atomic mass is 35.5. The van der Waals surface area contributed by atoms with Gasteiger partial charge in [0.25, 0.3) is 5.91 Å². The first-order valence-corrected chi connectivity index (χ1v) is 7.34. The predicted molar refractivity (Wildman–Crippen MR) is 81.6 cm³/mol. The van der Waals surface area contributed by atoms with E-state index in [0.717, 1.165) is 0 Å². The fourth-order valence-electron chi connectivity index (χ4n) is 2.39. The van der Waals surface area contributed by atoms with Gasteiger partial charge in [-0.15, -0.1) is 0 Å². The van der Waals surface area contributed by atoms with Crippen LogP contribution >= 0.6 is 11.6 Å². The number of ether oxygens (including phenoxy) is 2. The first-order valence-electron chi connectivity index (χ1n) is 6.96. The molecule has 22 heavy (non-hydrogen) atoms. The molecule has 2 aliphatic rings. The molecule has 1 aromatic carbocycles. The zero-order valence-electron chi connectivity index (χ0n) is 12.0. The molecule has 0 saturated carbocycles. The topological polar surface area (TPSA) is 79.9 Å². The van der Waals surface area contributed by atoms with Gasteiger partial charge in [-0.25, -0.2) is 4.79 Å². The van der Waals surface area contributed by atoms with Crippen LogP contribution in [0.1, 0.15) is 6.92 Å². The minimum absolute atomic E-state index is 0.0112. The summed E-state index contributed by atoms with van der Waals surface area (Å²) in [4.78, 5) is 25.2. The Morgan fingerprint density at radius 3 is 3.09 bits per heavy atom. The van der Waals surface area contributed by atoms with Crippen molar-refractivity contribution in [1.82, 2.24) is 4.90 Å². The van der Waals surface area contributed by atoms with E-state index in [4.69, 9.17) is 21.1 Å². The molecule has 3 amide bonds. The average Bonchev–Trinajstić information content (AvgIpc) is 2.48. The summed E-state index contributed by atoms with van der Waals surface area (Å²) >= 11 is 6.16. The minimum atomic E-state index is -0.239. The number of fused-ring (bicyclic) bond motifs is 1. The maximum absolute atomic E-state index is 12.3. The third-order valence-corrected chi connectivity index (χ3v) is 3.78. The van der Waals surface area contributed by atoms with Gasteiger partial charge in [-0.2, -0.15) is 0 Å². The van der Waals surface area contributed by atoms with Crippen LogP contribution in [0, 0.1) is 0 Å². The molecule has 1 saturated heterocycles. The Kier molecular flexibility index (Phi) is 4.08. The third-order valence-electron chi connectivity index (χ3n) is 3.47. The number of hydrogen-bond donors (Lipinski definition) is 2. The number of carbonyl (C=O) groups is 2. The third kappa shape index (κ3) is 3.10. The number of nitrogens with one attached hydrogen (secondary N) is 2. The standard InChI is InChI=1S/C14H16ClN3O4/c1-8-6-18(2-3-21-8)14(20)17-10-5-12-11(4-9(10)15)16-13(19)7-22-12/h4-5,8H,2-3,6-7H2,1H3,(H,16,19)(H,17,20)/t8-/m1/s1. The van der Waals surface area contributed by atoms with Crippen molar-refractivity contribution in [3.05, 3.63) is 17.2 Å². The molecular weight excluding hydrogens is 310 g/mol. The number of amides is 3. The molecule has 2 N–H and O–H groups in total. The van der Waals surface area contributed by atoms with E-state index in [1.165, 1.54) is 0 Å². The van der Waals surface area contributed by atoms with E-state index in [9.17, 15) is 9.59 Å². The number of urea groups is 1. The SMILES string of the molecule is C[C@@H]1CN(C(=O)Nc2cc3c(cc2Cl)NC(=O)CO3)CCO1. The van der Waals surface area contributed by atoms with Gasteiger partial charge in [0.05, 0.1) is 29.1 Å². The Morgan fingerprint density at radius 1 is 1.50 bits per heavy atom. The second kappa shape index (κ2) is 6.02. The second-order valence-corrected chi connectivity index (χ2v) is 5.63. The second-order valence-electron chi connectivity index (χ2n) is 5.22. The molecule has 0 aromatic heterocycles. The summed E-state index contributed by atoms with van der Waals surface area (Å²) in [6, 6.07) is 2.93. The molecule has 3 rings (SSSR count). The molecule has 0 unspecified atom stereocenters. The molecule has 2 heterocycles. The highest BCUT2D eigenvalue weighted by Crippen LogP contribution is 2.36. The van der Waals surface area contributed by atoms with Gasteiger partial charge >= 0.3 is 6.03 Å². The Balaban J connectivity index is 1.75. The van der Waals surface area contributed by atoms with Crippen LogP contribution < -0.4 is 15.4 Å². The van der Waals surface area contributed by atoms with Crippen molar-refractivity contribution in [2.24, 2.45) is 0 Å². The summed E-state index contributed by atoms with van der Waals surface area (Å²) < 4.78 is 10.7. The molecule has 0 radical (unpaired) electrons. The van der Waals surface area contributed by atoms with Gasteiger partial charge in [0.2, 0.25) is 0 Å². The van der Waals surface area contributed by atoms with Gasteiger partial charge in [-0.3, -0.25) is 4.79 Å². The first-order chi connectivity index (χ1) is 10.5. The van der Waals surface area contributed by atoms with Gasteiger partial charge in [0.1, 0.15) is 5.75 Å². The van der Waals surface area contributed by atoms with E-state index < -0.39 is 0 Å². The molecule has 1 fully saturated rings. The Labute approximate surface area is 132 Å². The molecule has 7 nitrogen and oxygen atoms in total. The number of benzene rings is 1.